The number of sulfonamides is 1. The highest BCUT2D eigenvalue weighted by atomic mass is 32.2. The summed E-state index contributed by atoms with van der Waals surface area (Å²) < 4.78 is 36.0. The van der Waals surface area contributed by atoms with E-state index in [1.165, 1.54) is 51.0 Å². The van der Waals surface area contributed by atoms with Crippen LogP contribution < -0.4 is 4.80 Å². The van der Waals surface area contributed by atoms with Gasteiger partial charge < -0.3 is 9.30 Å². The van der Waals surface area contributed by atoms with Crippen LogP contribution in [0.2, 0.25) is 0 Å². The van der Waals surface area contributed by atoms with Crippen molar-refractivity contribution >= 4 is 37.5 Å². The molecule has 0 bridgehead atoms. The normalized spacial score (nSPS) is 12.5. The summed E-state index contributed by atoms with van der Waals surface area (Å²) in [5.41, 5.74) is 4.58. The summed E-state index contributed by atoms with van der Waals surface area (Å²) in [6.45, 7) is 8.03. The van der Waals surface area contributed by atoms with Gasteiger partial charge >= 0.3 is 0 Å². The molecule has 0 spiro atoms. The fourth-order valence-electron chi connectivity index (χ4n) is 3.95. The number of aromatic nitrogens is 1. The van der Waals surface area contributed by atoms with Gasteiger partial charge in [0.25, 0.3) is 5.91 Å². The first-order valence-electron chi connectivity index (χ1n) is 12.1. The van der Waals surface area contributed by atoms with Crippen molar-refractivity contribution in [1.82, 2.24) is 8.87 Å². The maximum atomic E-state index is 13.1. The van der Waals surface area contributed by atoms with Crippen LogP contribution in [0.4, 0.5) is 0 Å². The van der Waals surface area contributed by atoms with E-state index in [2.05, 4.69) is 31.0 Å². The lowest BCUT2D eigenvalue weighted by atomic mass is 10.1. The topological polar surface area (TPSA) is 81.0 Å². The number of fused-ring (bicyclic) bond motifs is 1. The second-order valence-electron chi connectivity index (χ2n) is 8.83. The lowest BCUT2D eigenvalue weighted by molar-refractivity contribution is 0.0996. The van der Waals surface area contributed by atoms with Gasteiger partial charge in [-0.1, -0.05) is 41.7 Å². The highest BCUT2D eigenvalue weighted by Crippen LogP contribution is 2.22. The maximum Gasteiger partial charge on any atom is 0.279 e. The molecular weight excluding hydrogens is 506 g/mol. The number of aryl methyl sites for hydroxylation is 2. The molecule has 194 valence electrons. The fourth-order valence-corrected chi connectivity index (χ4v) is 6.24. The number of ether oxygens (including phenoxy) is 1. The molecule has 0 aliphatic carbocycles. The molecule has 1 amide bonds. The summed E-state index contributed by atoms with van der Waals surface area (Å²) >= 11 is 1.46. The van der Waals surface area contributed by atoms with E-state index in [1.807, 2.05) is 41.8 Å². The van der Waals surface area contributed by atoms with Crippen molar-refractivity contribution in [3.05, 3.63) is 93.8 Å². The highest BCUT2D eigenvalue weighted by Gasteiger charge is 2.21. The van der Waals surface area contributed by atoms with Crippen molar-refractivity contribution in [3.63, 3.8) is 0 Å². The number of carbonyl (C=O) groups excluding carboxylic acids is 1. The van der Waals surface area contributed by atoms with Gasteiger partial charge in [0, 0.05) is 32.3 Å². The molecule has 0 aliphatic heterocycles. The van der Waals surface area contributed by atoms with Crippen molar-refractivity contribution in [3.8, 4) is 0 Å². The minimum absolute atomic E-state index is 0.127. The Hall–Kier alpha value is -3.11. The van der Waals surface area contributed by atoms with E-state index in [9.17, 15) is 13.2 Å². The van der Waals surface area contributed by atoms with Crippen LogP contribution in [0.25, 0.3) is 10.2 Å². The van der Waals surface area contributed by atoms with E-state index in [4.69, 9.17) is 4.74 Å². The van der Waals surface area contributed by atoms with Crippen molar-refractivity contribution in [2.24, 2.45) is 4.99 Å². The van der Waals surface area contributed by atoms with Gasteiger partial charge in [0.1, 0.15) is 0 Å². The number of amides is 1. The monoisotopic (exact) mass is 537 g/mol. The summed E-state index contributed by atoms with van der Waals surface area (Å²) in [5.74, 6) is -0.424. The van der Waals surface area contributed by atoms with Gasteiger partial charge in [-0.25, -0.2) is 8.42 Å². The van der Waals surface area contributed by atoms with Crippen LogP contribution in [0.5, 0.6) is 0 Å². The van der Waals surface area contributed by atoms with Crippen LogP contribution in [0.3, 0.4) is 0 Å². The van der Waals surface area contributed by atoms with Gasteiger partial charge in [0.05, 0.1) is 21.7 Å². The number of nitrogens with zero attached hydrogens (tertiary/aromatic N) is 3. The molecule has 9 heteroatoms. The van der Waals surface area contributed by atoms with E-state index >= 15 is 0 Å². The molecule has 0 unspecified atom stereocenters. The first-order chi connectivity index (χ1) is 17.7. The summed E-state index contributed by atoms with van der Waals surface area (Å²) in [7, 11) is -2.16. The molecule has 0 fully saturated rings. The standard InChI is InChI=1S/C28H31N3O4S2/c1-5-35-16-15-31-25-17-20(2)21(3)18-26(25)36-28(31)29-27(32)23-11-13-24(14-12-23)37(33,34)30(4)19-22-9-7-6-8-10-22/h6-14,17-18H,5,15-16,19H2,1-4H3. The Morgan fingerprint density at radius 3 is 2.38 bits per heavy atom. The lowest BCUT2D eigenvalue weighted by Gasteiger charge is -2.17. The summed E-state index contributed by atoms with van der Waals surface area (Å²) in [6.07, 6.45) is 0. The summed E-state index contributed by atoms with van der Waals surface area (Å²) in [5, 5.41) is 0. The molecule has 0 N–H and O–H groups in total. The third-order valence-electron chi connectivity index (χ3n) is 6.22. The van der Waals surface area contributed by atoms with Crippen LogP contribution in [0.1, 0.15) is 34.0 Å². The zero-order valence-corrected chi connectivity index (χ0v) is 23.1. The predicted octanol–water partition coefficient (Wildman–Crippen LogP) is 4.92. The third-order valence-corrected chi connectivity index (χ3v) is 9.08. The predicted molar refractivity (Wildman–Crippen MR) is 147 cm³/mol. The molecule has 4 aromatic rings. The van der Waals surface area contributed by atoms with Crippen LogP contribution in [-0.2, 0) is 27.8 Å². The molecular formula is C28H31N3O4S2. The van der Waals surface area contributed by atoms with Crippen molar-refractivity contribution < 1.29 is 17.9 Å². The first kappa shape index (κ1) is 26.9. The molecule has 3 aromatic carbocycles. The average molecular weight is 538 g/mol. The molecule has 0 atom stereocenters. The van der Waals surface area contributed by atoms with Crippen molar-refractivity contribution in [1.29, 1.82) is 0 Å². The van der Waals surface area contributed by atoms with Gasteiger partial charge in [-0.15, -0.1) is 0 Å². The number of carbonyl (C=O) groups is 1. The van der Waals surface area contributed by atoms with E-state index in [0.29, 0.717) is 30.1 Å². The summed E-state index contributed by atoms with van der Waals surface area (Å²) in [6, 6.07) is 19.6. The Morgan fingerprint density at radius 2 is 1.70 bits per heavy atom. The van der Waals surface area contributed by atoms with E-state index in [1.54, 1.807) is 7.05 Å². The molecule has 1 aromatic heterocycles. The van der Waals surface area contributed by atoms with Crippen molar-refractivity contribution in [2.45, 2.75) is 38.8 Å². The minimum Gasteiger partial charge on any atom is -0.380 e. The van der Waals surface area contributed by atoms with Gasteiger partial charge in [0.2, 0.25) is 10.0 Å². The van der Waals surface area contributed by atoms with E-state index in [0.717, 1.165) is 15.8 Å². The van der Waals surface area contributed by atoms with Crippen molar-refractivity contribution in [2.75, 3.05) is 20.3 Å². The Balaban J connectivity index is 1.61. The van der Waals surface area contributed by atoms with Crippen LogP contribution >= 0.6 is 11.3 Å². The van der Waals surface area contributed by atoms with E-state index < -0.39 is 15.9 Å². The molecule has 37 heavy (non-hydrogen) atoms. The number of hydrogen-bond acceptors (Lipinski definition) is 5. The lowest BCUT2D eigenvalue weighted by Crippen LogP contribution is -2.26. The number of benzene rings is 3. The molecule has 0 aliphatic rings. The molecule has 0 saturated carbocycles. The Kier molecular flexibility index (Phi) is 8.39. The van der Waals surface area contributed by atoms with Crippen LogP contribution in [0.15, 0.2) is 76.6 Å². The van der Waals surface area contributed by atoms with E-state index in [-0.39, 0.29) is 11.4 Å². The SMILES string of the molecule is CCOCCn1c(=NC(=O)c2ccc(S(=O)(=O)N(C)Cc3ccccc3)cc2)sc2cc(C)c(C)cc21. The minimum atomic E-state index is -3.71. The van der Waals surface area contributed by atoms with Gasteiger partial charge in [-0.3, -0.25) is 4.79 Å². The number of hydrogen-bond donors (Lipinski definition) is 0. The molecule has 7 nitrogen and oxygen atoms in total. The number of thiazole rings is 1. The zero-order valence-electron chi connectivity index (χ0n) is 21.5. The van der Waals surface area contributed by atoms with Crippen LogP contribution in [0, 0.1) is 13.8 Å². The van der Waals surface area contributed by atoms with Crippen LogP contribution in [-0.4, -0.2) is 43.5 Å². The number of rotatable bonds is 9. The average Bonchev–Trinajstić information content (AvgIpc) is 3.20. The fraction of sp³-hybridized carbons (Fsp3) is 0.286. The zero-order chi connectivity index (χ0) is 26.6. The third kappa shape index (κ3) is 6.07. The molecule has 0 radical (unpaired) electrons. The quantitative estimate of drug-likeness (QED) is 0.284. The molecule has 4 rings (SSSR count). The Morgan fingerprint density at radius 1 is 1.03 bits per heavy atom. The second-order valence-corrected chi connectivity index (χ2v) is 11.9. The molecule has 0 saturated heterocycles. The molecule has 1 heterocycles. The Bertz CT molecular complexity index is 1570. The largest absolute Gasteiger partial charge is 0.380 e. The van der Waals surface area contributed by atoms with Gasteiger partial charge in [-0.05, 0) is 73.9 Å². The van der Waals surface area contributed by atoms with Gasteiger partial charge in [-0.2, -0.15) is 9.30 Å². The Labute approximate surface area is 221 Å². The smallest absolute Gasteiger partial charge is 0.279 e. The first-order valence-corrected chi connectivity index (χ1v) is 14.3. The highest BCUT2D eigenvalue weighted by molar-refractivity contribution is 7.89. The maximum absolute atomic E-state index is 13.1. The van der Waals surface area contributed by atoms with Gasteiger partial charge in [0.15, 0.2) is 4.80 Å². The summed E-state index contributed by atoms with van der Waals surface area (Å²) in [4.78, 5) is 18.2. The second kappa shape index (κ2) is 11.5.